The standard InChI is InChI=1S/C21H22BrN5O/c22-15-3-4-18-16(10-15)17-13-27(9-5-19(17)25-18)21(28)14-2-1-8-26(12-14)20-11-23-6-7-24-20/h3-4,6-7,10-11,14,25H,1-2,5,8-9,12-13H2/t14-/m0/s1. The highest BCUT2D eigenvalue weighted by atomic mass is 79.9. The highest BCUT2D eigenvalue weighted by molar-refractivity contribution is 9.10. The van der Waals surface area contributed by atoms with Crippen molar-refractivity contribution in [3.05, 3.63) is 52.5 Å². The van der Waals surface area contributed by atoms with Crippen LogP contribution in [-0.4, -0.2) is 45.4 Å². The van der Waals surface area contributed by atoms with E-state index in [1.807, 2.05) is 4.90 Å². The number of aromatic nitrogens is 3. The van der Waals surface area contributed by atoms with Gasteiger partial charge in [0.15, 0.2) is 0 Å². The van der Waals surface area contributed by atoms with E-state index < -0.39 is 0 Å². The van der Waals surface area contributed by atoms with E-state index in [-0.39, 0.29) is 11.8 Å². The Morgan fingerprint density at radius 3 is 3.04 bits per heavy atom. The average Bonchev–Trinajstić information content (AvgIpc) is 3.11. The Morgan fingerprint density at radius 1 is 1.25 bits per heavy atom. The molecule has 2 aliphatic rings. The summed E-state index contributed by atoms with van der Waals surface area (Å²) in [5.74, 6) is 1.15. The molecule has 0 spiro atoms. The predicted molar refractivity (Wildman–Crippen MR) is 112 cm³/mol. The van der Waals surface area contributed by atoms with Gasteiger partial charge in [-0.05, 0) is 31.0 Å². The van der Waals surface area contributed by atoms with Crippen molar-refractivity contribution in [1.82, 2.24) is 19.9 Å². The van der Waals surface area contributed by atoms with Crippen LogP contribution < -0.4 is 4.90 Å². The van der Waals surface area contributed by atoms with Crippen LogP contribution in [0.1, 0.15) is 24.1 Å². The third kappa shape index (κ3) is 3.17. The fourth-order valence-electron chi connectivity index (χ4n) is 4.47. The molecule has 0 saturated carbocycles. The number of amides is 1. The largest absolute Gasteiger partial charge is 0.358 e. The molecule has 2 aliphatic heterocycles. The molecule has 3 aromatic rings. The van der Waals surface area contributed by atoms with E-state index in [0.29, 0.717) is 6.54 Å². The van der Waals surface area contributed by atoms with E-state index in [2.05, 4.69) is 54.0 Å². The van der Waals surface area contributed by atoms with Gasteiger partial charge in [-0.3, -0.25) is 9.78 Å². The van der Waals surface area contributed by atoms with Crippen LogP contribution in [0.2, 0.25) is 0 Å². The fourth-order valence-corrected chi connectivity index (χ4v) is 4.84. The smallest absolute Gasteiger partial charge is 0.227 e. The highest BCUT2D eigenvalue weighted by Gasteiger charge is 2.32. The first kappa shape index (κ1) is 17.7. The van der Waals surface area contributed by atoms with Gasteiger partial charge in [-0.1, -0.05) is 15.9 Å². The molecule has 144 valence electrons. The van der Waals surface area contributed by atoms with Gasteiger partial charge in [0.25, 0.3) is 0 Å². The number of nitrogens with one attached hydrogen (secondary N) is 1. The number of hydrogen-bond donors (Lipinski definition) is 1. The second kappa shape index (κ2) is 7.20. The number of fused-ring (bicyclic) bond motifs is 3. The van der Waals surface area contributed by atoms with Crippen molar-refractivity contribution >= 4 is 38.6 Å². The Balaban J connectivity index is 1.35. The molecule has 1 N–H and O–H groups in total. The minimum Gasteiger partial charge on any atom is -0.358 e. The first-order valence-electron chi connectivity index (χ1n) is 9.78. The van der Waals surface area contributed by atoms with Gasteiger partial charge in [0.2, 0.25) is 5.91 Å². The summed E-state index contributed by atoms with van der Waals surface area (Å²) in [5, 5.41) is 1.21. The Kier molecular flexibility index (Phi) is 4.55. The molecular formula is C21H22BrN5O. The van der Waals surface area contributed by atoms with Crippen molar-refractivity contribution in [2.45, 2.75) is 25.8 Å². The zero-order valence-corrected chi connectivity index (χ0v) is 17.2. The summed E-state index contributed by atoms with van der Waals surface area (Å²) in [6, 6.07) is 6.30. The maximum atomic E-state index is 13.3. The molecule has 5 rings (SSSR count). The van der Waals surface area contributed by atoms with Crippen molar-refractivity contribution in [3.8, 4) is 0 Å². The number of hydrogen-bond acceptors (Lipinski definition) is 4. The van der Waals surface area contributed by atoms with Crippen LogP contribution in [-0.2, 0) is 17.8 Å². The number of piperidine rings is 1. The lowest BCUT2D eigenvalue weighted by Gasteiger charge is -2.36. The summed E-state index contributed by atoms with van der Waals surface area (Å²) < 4.78 is 1.07. The molecule has 4 heterocycles. The molecule has 2 aromatic heterocycles. The lowest BCUT2D eigenvalue weighted by atomic mass is 9.95. The number of carbonyl (C=O) groups excluding carboxylic acids is 1. The number of aromatic amines is 1. The van der Waals surface area contributed by atoms with E-state index in [9.17, 15) is 4.79 Å². The van der Waals surface area contributed by atoms with Crippen LogP contribution >= 0.6 is 15.9 Å². The Morgan fingerprint density at radius 2 is 2.18 bits per heavy atom. The van der Waals surface area contributed by atoms with Crippen LogP contribution in [0, 0.1) is 5.92 Å². The van der Waals surface area contributed by atoms with Crippen molar-refractivity contribution in [3.63, 3.8) is 0 Å². The van der Waals surface area contributed by atoms with Gasteiger partial charge in [-0.15, -0.1) is 0 Å². The van der Waals surface area contributed by atoms with E-state index in [0.717, 1.165) is 54.7 Å². The number of H-pyrrole nitrogens is 1. The molecule has 6 nitrogen and oxygen atoms in total. The van der Waals surface area contributed by atoms with Gasteiger partial charge in [0.1, 0.15) is 5.82 Å². The number of rotatable bonds is 2. The van der Waals surface area contributed by atoms with E-state index >= 15 is 0 Å². The number of nitrogens with zero attached hydrogens (tertiary/aromatic N) is 4. The summed E-state index contributed by atoms with van der Waals surface area (Å²) in [4.78, 5) is 29.6. The summed E-state index contributed by atoms with van der Waals surface area (Å²) in [6.07, 6.45) is 8.01. The summed E-state index contributed by atoms with van der Waals surface area (Å²) in [6.45, 7) is 3.12. The fraction of sp³-hybridized carbons (Fsp3) is 0.381. The molecule has 1 amide bonds. The molecule has 0 radical (unpaired) electrons. The average molecular weight is 440 g/mol. The SMILES string of the molecule is O=C([C@H]1CCCN(c2cnccn2)C1)N1CCc2[nH]c3ccc(Br)cc3c2C1. The third-order valence-corrected chi connectivity index (χ3v) is 6.39. The zero-order chi connectivity index (χ0) is 19.1. The predicted octanol–water partition coefficient (Wildman–Crippen LogP) is 3.52. The van der Waals surface area contributed by atoms with Gasteiger partial charge >= 0.3 is 0 Å². The number of benzene rings is 1. The first-order chi connectivity index (χ1) is 13.7. The Hall–Kier alpha value is -2.41. The maximum Gasteiger partial charge on any atom is 0.227 e. The molecular weight excluding hydrogens is 418 g/mol. The van der Waals surface area contributed by atoms with Gasteiger partial charge in [0.05, 0.1) is 12.1 Å². The van der Waals surface area contributed by atoms with Crippen LogP contribution in [0.25, 0.3) is 10.9 Å². The molecule has 7 heteroatoms. The van der Waals surface area contributed by atoms with Gasteiger partial charge in [-0.2, -0.15) is 0 Å². The molecule has 28 heavy (non-hydrogen) atoms. The van der Waals surface area contributed by atoms with Crippen LogP contribution in [0.4, 0.5) is 5.82 Å². The van der Waals surface area contributed by atoms with Gasteiger partial charge in [0, 0.05) is 71.6 Å². The molecule has 1 fully saturated rings. The number of carbonyl (C=O) groups is 1. The third-order valence-electron chi connectivity index (χ3n) is 5.89. The van der Waals surface area contributed by atoms with Gasteiger partial charge < -0.3 is 14.8 Å². The summed E-state index contributed by atoms with van der Waals surface area (Å²) in [7, 11) is 0. The van der Waals surface area contributed by atoms with E-state index in [4.69, 9.17) is 0 Å². The quantitative estimate of drug-likeness (QED) is 0.663. The number of halogens is 1. The topological polar surface area (TPSA) is 65.1 Å². The maximum absolute atomic E-state index is 13.3. The Labute approximate surface area is 172 Å². The first-order valence-corrected chi connectivity index (χ1v) is 10.6. The highest BCUT2D eigenvalue weighted by Crippen LogP contribution is 2.31. The molecule has 0 bridgehead atoms. The van der Waals surface area contributed by atoms with Crippen LogP contribution in [0.3, 0.4) is 0 Å². The molecule has 1 saturated heterocycles. The van der Waals surface area contributed by atoms with Crippen molar-refractivity contribution in [2.75, 3.05) is 24.5 Å². The van der Waals surface area contributed by atoms with Crippen LogP contribution in [0.15, 0.2) is 41.3 Å². The molecule has 1 aromatic carbocycles. The molecule has 1 atom stereocenters. The summed E-state index contributed by atoms with van der Waals surface area (Å²) in [5.41, 5.74) is 3.67. The van der Waals surface area contributed by atoms with E-state index in [1.54, 1.807) is 18.6 Å². The normalized spacial score (nSPS) is 19.7. The minimum atomic E-state index is 0.0225. The monoisotopic (exact) mass is 439 g/mol. The summed E-state index contributed by atoms with van der Waals surface area (Å²) >= 11 is 3.57. The second-order valence-corrected chi connectivity index (χ2v) is 8.55. The zero-order valence-electron chi connectivity index (χ0n) is 15.6. The van der Waals surface area contributed by atoms with Gasteiger partial charge in [-0.25, -0.2) is 4.98 Å². The second-order valence-electron chi connectivity index (χ2n) is 7.63. The van der Waals surface area contributed by atoms with Crippen molar-refractivity contribution in [2.24, 2.45) is 5.92 Å². The van der Waals surface area contributed by atoms with Crippen molar-refractivity contribution < 1.29 is 4.79 Å². The lowest BCUT2D eigenvalue weighted by molar-refractivity contribution is -0.136. The molecule has 0 unspecified atom stereocenters. The lowest BCUT2D eigenvalue weighted by Crippen LogP contribution is -2.46. The minimum absolute atomic E-state index is 0.0225. The van der Waals surface area contributed by atoms with Crippen LogP contribution in [0.5, 0.6) is 0 Å². The van der Waals surface area contributed by atoms with Crippen molar-refractivity contribution in [1.29, 1.82) is 0 Å². The van der Waals surface area contributed by atoms with E-state index in [1.165, 1.54) is 16.6 Å². The molecule has 0 aliphatic carbocycles. The Bertz CT molecular complexity index is 1020. The number of anilines is 1.